The van der Waals surface area contributed by atoms with Crippen molar-refractivity contribution in [3.63, 3.8) is 0 Å². The third-order valence-electron chi connectivity index (χ3n) is 4.49. The van der Waals surface area contributed by atoms with Crippen LogP contribution in [0.15, 0.2) is 33.5 Å². The lowest BCUT2D eigenvalue weighted by Crippen LogP contribution is -2.42. The number of halogens is 3. The molecule has 0 unspecified atom stereocenters. The van der Waals surface area contributed by atoms with Crippen molar-refractivity contribution in [2.45, 2.75) is 25.6 Å². The number of alkyl halides is 3. The normalized spacial score (nSPS) is 16.8. The van der Waals surface area contributed by atoms with Gasteiger partial charge in [-0.15, -0.1) is 0 Å². The molecule has 0 aliphatic carbocycles. The fourth-order valence-corrected chi connectivity index (χ4v) is 3.44. The zero-order valence-electron chi connectivity index (χ0n) is 13.8. The van der Waals surface area contributed by atoms with Crippen LogP contribution in [0.2, 0.25) is 0 Å². The fourth-order valence-electron chi connectivity index (χ4n) is 3.07. The monoisotopic (exact) mass is 371 g/mol. The molecule has 2 heterocycles. The third kappa shape index (κ3) is 3.04. The first-order valence-corrected chi connectivity index (χ1v) is 8.40. The summed E-state index contributed by atoms with van der Waals surface area (Å²) in [5.74, 6) is 0.244. The Bertz CT molecular complexity index is 931. The van der Waals surface area contributed by atoms with Gasteiger partial charge in [-0.1, -0.05) is 6.08 Å². The molecule has 4 nitrogen and oxygen atoms in total. The molecule has 0 fully saturated rings. The Morgan fingerprint density at radius 2 is 1.96 bits per heavy atom. The van der Waals surface area contributed by atoms with Gasteiger partial charge < -0.3 is 13.9 Å². The third-order valence-corrected chi connectivity index (χ3v) is 4.93. The maximum Gasteiger partial charge on any atom is 0.417 e. The molecule has 1 aromatic carbocycles. The van der Waals surface area contributed by atoms with Crippen LogP contribution < -0.4 is 10.5 Å². The molecule has 0 radical (unpaired) electrons. The minimum Gasteiger partial charge on any atom is -0.423 e. The first kappa shape index (κ1) is 17.9. The largest absolute Gasteiger partial charge is 0.423 e. The van der Waals surface area contributed by atoms with E-state index in [2.05, 4.69) is 0 Å². The summed E-state index contributed by atoms with van der Waals surface area (Å²) in [7, 11) is 1.82. The van der Waals surface area contributed by atoms with Crippen molar-refractivity contribution in [1.29, 1.82) is 0 Å². The molecule has 0 saturated carbocycles. The summed E-state index contributed by atoms with van der Waals surface area (Å²) >= 11 is 0.609. The van der Waals surface area contributed by atoms with E-state index in [-0.39, 0.29) is 16.7 Å². The number of fused-ring (bicyclic) bond motifs is 2. The van der Waals surface area contributed by atoms with E-state index in [0.717, 1.165) is 5.57 Å². The molecule has 8 heteroatoms. The molecule has 1 aliphatic rings. The van der Waals surface area contributed by atoms with Crippen molar-refractivity contribution in [3.05, 3.63) is 45.8 Å². The molecule has 0 bridgehead atoms. The minimum absolute atomic E-state index is 0.112. The van der Waals surface area contributed by atoms with E-state index in [0.29, 0.717) is 29.4 Å². The van der Waals surface area contributed by atoms with E-state index in [1.54, 1.807) is 0 Å². The van der Waals surface area contributed by atoms with Crippen LogP contribution in [0.1, 0.15) is 25.0 Å². The number of hydrogen-bond acceptors (Lipinski definition) is 5. The number of nitrogens with zero attached hydrogens (tertiary/aromatic N) is 1. The van der Waals surface area contributed by atoms with Gasteiger partial charge in [-0.3, -0.25) is 0 Å². The summed E-state index contributed by atoms with van der Waals surface area (Å²) in [5, 5.41) is -0.173. The molecule has 1 aromatic heterocycles. The molecule has 1 aliphatic heterocycles. The van der Waals surface area contributed by atoms with Crippen molar-refractivity contribution in [2.24, 2.45) is 0 Å². The molecule has 25 heavy (non-hydrogen) atoms. The zero-order chi connectivity index (χ0) is 18.6. The minimum atomic E-state index is -4.67. The van der Waals surface area contributed by atoms with Crippen LogP contribution in [0.25, 0.3) is 16.5 Å². The van der Waals surface area contributed by atoms with Gasteiger partial charge in [-0.05, 0) is 37.5 Å². The van der Waals surface area contributed by atoms with Crippen molar-refractivity contribution in [3.8, 4) is 0 Å². The summed E-state index contributed by atoms with van der Waals surface area (Å²) < 4.78 is 54.2. The van der Waals surface area contributed by atoms with Gasteiger partial charge in [0.15, 0.2) is 0 Å². The number of rotatable bonds is 2. The molecular weight excluding hydrogens is 355 g/mol. The second kappa shape index (κ2) is 5.81. The number of benzene rings is 1. The molecule has 134 valence electrons. The maximum absolute atomic E-state index is 13.3. The highest BCUT2D eigenvalue weighted by atomic mass is 32.2. The van der Waals surface area contributed by atoms with E-state index in [9.17, 15) is 22.5 Å². The Morgan fingerprint density at radius 1 is 1.28 bits per heavy atom. The predicted molar refractivity (Wildman–Crippen MR) is 93.0 cm³/mol. The lowest BCUT2D eigenvalue weighted by Gasteiger charge is -2.41. The number of anilines is 1. The van der Waals surface area contributed by atoms with Crippen LogP contribution in [0.3, 0.4) is 0 Å². The molecule has 0 spiro atoms. The first-order valence-electron chi connectivity index (χ1n) is 7.46. The number of hydrogen-bond donors (Lipinski definition) is 1. The molecule has 0 atom stereocenters. The van der Waals surface area contributed by atoms with Crippen LogP contribution in [-0.2, 0) is 6.18 Å². The molecule has 0 amide bonds. The van der Waals surface area contributed by atoms with Crippen LogP contribution in [0.5, 0.6) is 0 Å². The Labute approximate surface area is 146 Å². The van der Waals surface area contributed by atoms with Crippen molar-refractivity contribution in [2.75, 3.05) is 17.7 Å². The van der Waals surface area contributed by atoms with Gasteiger partial charge in [0.2, 0.25) is 0 Å². The smallest absolute Gasteiger partial charge is 0.417 e. The predicted octanol–water partition coefficient (Wildman–Crippen LogP) is 4.63. The Kier molecular flexibility index (Phi) is 4.15. The standard InChI is InChI=1S/C17H16F3NO3S/c1-16(2)7-9(8-25-23)10-4-11-12(17(18,19)20)5-15(22)24-14(11)6-13(10)21(16)3/h4-7,23H,8H2,1-3H3. The van der Waals surface area contributed by atoms with Gasteiger partial charge in [-0.2, -0.15) is 13.2 Å². The van der Waals surface area contributed by atoms with Gasteiger partial charge in [-0.25, -0.2) is 4.79 Å². The summed E-state index contributed by atoms with van der Waals surface area (Å²) in [6.45, 7) is 3.90. The molecule has 3 rings (SSSR count). The average Bonchev–Trinajstić information content (AvgIpc) is 2.49. The SMILES string of the molecule is CN1c2cc3oc(=O)cc(C(F)(F)F)c3cc2C(CSO)=CC1(C)C. The van der Waals surface area contributed by atoms with Crippen molar-refractivity contribution >= 4 is 34.3 Å². The van der Waals surface area contributed by atoms with Gasteiger partial charge >= 0.3 is 11.8 Å². The topological polar surface area (TPSA) is 53.7 Å². The van der Waals surface area contributed by atoms with E-state index >= 15 is 0 Å². The van der Waals surface area contributed by atoms with Gasteiger partial charge in [0.25, 0.3) is 0 Å². The second-order valence-electron chi connectivity index (χ2n) is 6.50. The van der Waals surface area contributed by atoms with Gasteiger partial charge in [0.1, 0.15) is 5.58 Å². The Balaban J connectivity index is 2.38. The van der Waals surface area contributed by atoms with Crippen LogP contribution in [0.4, 0.5) is 18.9 Å². The molecular formula is C17H16F3NO3S. The zero-order valence-corrected chi connectivity index (χ0v) is 14.6. The molecule has 1 N–H and O–H groups in total. The second-order valence-corrected chi connectivity index (χ2v) is 7.04. The van der Waals surface area contributed by atoms with E-state index in [1.165, 1.54) is 12.1 Å². The summed E-state index contributed by atoms with van der Waals surface area (Å²) in [5.41, 5.74) is -0.634. The quantitative estimate of drug-likeness (QED) is 0.616. The van der Waals surface area contributed by atoms with E-state index in [4.69, 9.17) is 4.42 Å². The average molecular weight is 371 g/mol. The highest BCUT2D eigenvalue weighted by Gasteiger charge is 2.36. The number of likely N-dealkylation sites (N-methyl/N-ethyl adjacent to an activating group) is 1. The van der Waals surface area contributed by atoms with Crippen LogP contribution in [-0.4, -0.2) is 22.9 Å². The Hall–Kier alpha value is -1.93. The van der Waals surface area contributed by atoms with E-state index in [1.807, 2.05) is 31.9 Å². The fraction of sp³-hybridized carbons (Fsp3) is 0.353. The van der Waals surface area contributed by atoms with Crippen LogP contribution in [0, 0.1) is 0 Å². The molecule has 0 saturated heterocycles. The van der Waals surface area contributed by atoms with Crippen molar-refractivity contribution < 1.29 is 22.1 Å². The lowest BCUT2D eigenvalue weighted by atomic mass is 9.88. The van der Waals surface area contributed by atoms with Gasteiger partial charge in [0.05, 0.1) is 11.1 Å². The Morgan fingerprint density at radius 3 is 2.56 bits per heavy atom. The summed E-state index contributed by atoms with van der Waals surface area (Å²) in [6, 6.07) is 3.30. The van der Waals surface area contributed by atoms with E-state index < -0.39 is 22.9 Å². The highest BCUT2D eigenvalue weighted by Crippen LogP contribution is 2.43. The highest BCUT2D eigenvalue weighted by molar-refractivity contribution is 7.94. The first-order chi connectivity index (χ1) is 11.5. The maximum atomic E-state index is 13.3. The summed E-state index contributed by atoms with van der Waals surface area (Å²) in [4.78, 5) is 13.5. The van der Waals surface area contributed by atoms with Gasteiger partial charge in [0, 0.05) is 41.6 Å². The molecule has 2 aromatic rings. The summed E-state index contributed by atoms with van der Waals surface area (Å²) in [6.07, 6.45) is -2.76. The van der Waals surface area contributed by atoms with Crippen LogP contribution >= 0.6 is 12.0 Å². The van der Waals surface area contributed by atoms with Crippen molar-refractivity contribution in [1.82, 2.24) is 0 Å². The lowest BCUT2D eigenvalue weighted by molar-refractivity contribution is -0.136.